The summed E-state index contributed by atoms with van der Waals surface area (Å²) in [5.41, 5.74) is 1.04. The lowest BCUT2D eigenvalue weighted by Gasteiger charge is -2.35. The standard InChI is InChI=1S/C19H25N5O/c1-22-10-9-20-18(22)17(15-5-3-2-4-6-15)21-19(25)24-13-11-23(12-14-24)16-7-8-16/h2-6,9-10,16-17H,7-8,11-14H2,1H3,(H,21,25)/t17-/m1/s1. The third-order valence-corrected chi connectivity index (χ3v) is 5.18. The Bertz CT molecular complexity index is 716. The third-order valence-electron chi connectivity index (χ3n) is 5.18. The predicted octanol–water partition coefficient (Wildman–Crippen LogP) is 2.00. The van der Waals surface area contributed by atoms with Gasteiger partial charge in [0.2, 0.25) is 0 Å². The molecule has 1 aliphatic heterocycles. The highest BCUT2D eigenvalue weighted by atomic mass is 16.2. The highest BCUT2D eigenvalue weighted by molar-refractivity contribution is 5.75. The average Bonchev–Trinajstić information content (AvgIpc) is 3.42. The van der Waals surface area contributed by atoms with Crippen molar-refractivity contribution in [2.24, 2.45) is 7.05 Å². The summed E-state index contributed by atoms with van der Waals surface area (Å²) in [6, 6.07) is 10.6. The van der Waals surface area contributed by atoms with E-state index >= 15 is 0 Å². The van der Waals surface area contributed by atoms with E-state index in [0.29, 0.717) is 0 Å². The predicted molar refractivity (Wildman–Crippen MR) is 96.2 cm³/mol. The molecule has 1 aromatic carbocycles. The quantitative estimate of drug-likeness (QED) is 0.927. The minimum absolute atomic E-state index is 0.00713. The van der Waals surface area contributed by atoms with Crippen LogP contribution in [0.3, 0.4) is 0 Å². The van der Waals surface area contributed by atoms with E-state index in [4.69, 9.17) is 0 Å². The first-order valence-corrected chi connectivity index (χ1v) is 9.04. The van der Waals surface area contributed by atoms with Crippen molar-refractivity contribution in [3.05, 3.63) is 54.1 Å². The summed E-state index contributed by atoms with van der Waals surface area (Å²) in [5, 5.41) is 3.19. The van der Waals surface area contributed by atoms with Crippen molar-refractivity contribution in [2.45, 2.75) is 24.9 Å². The van der Waals surface area contributed by atoms with Crippen LogP contribution in [0, 0.1) is 0 Å². The Morgan fingerprint density at radius 2 is 1.88 bits per heavy atom. The number of carbonyl (C=O) groups is 1. The second-order valence-electron chi connectivity index (χ2n) is 6.94. The number of nitrogens with zero attached hydrogens (tertiary/aromatic N) is 4. The van der Waals surface area contributed by atoms with E-state index in [2.05, 4.69) is 15.2 Å². The molecule has 0 unspecified atom stereocenters. The molecule has 0 bridgehead atoms. The van der Waals surface area contributed by atoms with Crippen LogP contribution >= 0.6 is 0 Å². The third kappa shape index (κ3) is 3.54. The van der Waals surface area contributed by atoms with Gasteiger partial charge >= 0.3 is 6.03 Å². The summed E-state index contributed by atoms with van der Waals surface area (Å²) < 4.78 is 1.96. The molecular weight excluding hydrogens is 314 g/mol. The molecule has 1 aliphatic carbocycles. The second kappa shape index (κ2) is 6.88. The van der Waals surface area contributed by atoms with Crippen molar-refractivity contribution in [1.82, 2.24) is 24.7 Å². The van der Waals surface area contributed by atoms with Crippen LogP contribution in [0.25, 0.3) is 0 Å². The molecular formula is C19H25N5O. The fourth-order valence-electron chi connectivity index (χ4n) is 3.54. The van der Waals surface area contributed by atoms with Gasteiger partial charge in [-0.1, -0.05) is 30.3 Å². The van der Waals surface area contributed by atoms with Gasteiger partial charge in [-0.05, 0) is 18.4 Å². The molecule has 0 spiro atoms. The average molecular weight is 339 g/mol. The number of aryl methyl sites for hydroxylation is 1. The van der Waals surface area contributed by atoms with Crippen molar-refractivity contribution >= 4 is 6.03 Å². The van der Waals surface area contributed by atoms with Gasteiger partial charge in [-0.3, -0.25) is 4.90 Å². The van der Waals surface area contributed by atoms with Gasteiger partial charge in [-0.25, -0.2) is 9.78 Å². The van der Waals surface area contributed by atoms with Crippen molar-refractivity contribution in [2.75, 3.05) is 26.2 Å². The molecule has 2 fully saturated rings. The zero-order valence-electron chi connectivity index (χ0n) is 14.6. The van der Waals surface area contributed by atoms with Gasteiger partial charge in [0.15, 0.2) is 0 Å². The summed E-state index contributed by atoms with van der Waals surface area (Å²) in [7, 11) is 1.96. The van der Waals surface area contributed by atoms with Crippen molar-refractivity contribution in [3.8, 4) is 0 Å². The van der Waals surface area contributed by atoms with Crippen LogP contribution in [0.4, 0.5) is 4.79 Å². The minimum atomic E-state index is -0.241. The van der Waals surface area contributed by atoms with E-state index in [1.165, 1.54) is 12.8 Å². The van der Waals surface area contributed by atoms with E-state index in [1.807, 2.05) is 53.0 Å². The summed E-state index contributed by atoms with van der Waals surface area (Å²) >= 11 is 0. The first-order valence-electron chi connectivity index (χ1n) is 9.04. The fraction of sp³-hybridized carbons (Fsp3) is 0.474. The molecule has 132 valence electrons. The number of rotatable bonds is 4. The number of benzene rings is 1. The van der Waals surface area contributed by atoms with Crippen LogP contribution in [0.1, 0.15) is 30.3 Å². The lowest BCUT2D eigenvalue weighted by molar-refractivity contribution is 0.133. The molecule has 1 saturated carbocycles. The van der Waals surface area contributed by atoms with E-state index in [0.717, 1.165) is 43.6 Å². The molecule has 1 saturated heterocycles. The van der Waals surface area contributed by atoms with E-state index in [9.17, 15) is 4.79 Å². The molecule has 2 amide bonds. The number of urea groups is 1. The first kappa shape index (κ1) is 16.1. The van der Waals surface area contributed by atoms with E-state index in [-0.39, 0.29) is 12.1 Å². The molecule has 6 heteroatoms. The van der Waals surface area contributed by atoms with Gasteiger partial charge in [0, 0.05) is 51.7 Å². The van der Waals surface area contributed by atoms with E-state index < -0.39 is 0 Å². The minimum Gasteiger partial charge on any atom is -0.336 e. The number of hydrogen-bond donors (Lipinski definition) is 1. The molecule has 25 heavy (non-hydrogen) atoms. The maximum absolute atomic E-state index is 12.8. The lowest BCUT2D eigenvalue weighted by Crippen LogP contribution is -2.52. The number of aromatic nitrogens is 2. The summed E-state index contributed by atoms with van der Waals surface area (Å²) in [6.07, 6.45) is 6.32. The van der Waals surface area contributed by atoms with Gasteiger partial charge < -0.3 is 14.8 Å². The van der Waals surface area contributed by atoms with E-state index in [1.54, 1.807) is 6.20 Å². The molecule has 1 aromatic heterocycles. The molecule has 0 radical (unpaired) electrons. The Hall–Kier alpha value is -2.34. The highest BCUT2D eigenvalue weighted by Crippen LogP contribution is 2.27. The molecule has 2 aliphatic rings. The first-order chi connectivity index (χ1) is 12.2. The summed E-state index contributed by atoms with van der Waals surface area (Å²) in [6.45, 7) is 3.56. The Morgan fingerprint density at radius 1 is 1.16 bits per heavy atom. The normalized spacial score (nSPS) is 19.6. The SMILES string of the molecule is Cn1ccnc1[C@H](NC(=O)N1CCN(C2CC2)CC1)c1ccccc1. The number of nitrogens with one attached hydrogen (secondary N) is 1. The van der Waals surface area contributed by atoms with Crippen LogP contribution < -0.4 is 5.32 Å². The van der Waals surface area contributed by atoms with Crippen LogP contribution in [0.15, 0.2) is 42.7 Å². The van der Waals surface area contributed by atoms with Gasteiger partial charge in [0.05, 0.1) is 0 Å². The Balaban J connectivity index is 1.47. The number of imidazole rings is 1. The molecule has 1 N–H and O–H groups in total. The van der Waals surface area contributed by atoms with Gasteiger partial charge in [0.1, 0.15) is 11.9 Å². The Kier molecular flexibility index (Phi) is 4.44. The van der Waals surface area contributed by atoms with Gasteiger partial charge in [-0.15, -0.1) is 0 Å². The molecule has 4 rings (SSSR count). The second-order valence-corrected chi connectivity index (χ2v) is 6.94. The summed E-state index contributed by atoms with van der Waals surface area (Å²) in [5.74, 6) is 0.844. The number of carbonyl (C=O) groups excluding carboxylic acids is 1. The largest absolute Gasteiger partial charge is 0.336 e. The molecule has 6 nitrogen and oxygen atoms in total. The van der Waals surface area contributed by atoms with Crippen LogP contribution in [0.2, 0.25) is 0 Å². The van der Waals surface area contributed by atoms with Crippen molar-refractivity contribution < 1.29 is 4.79 Å². The van der Waals surface area contributed by atoms with Gasteiger partial charge in [-0.2, -0.15) is 0 Å². The summed E-state index contributed by atoms with van der Waals surface area (Å²) in [4.78, 5) is 21.7. The number of piperazine rings is 1. The van der Waals surface area contributed by atoms with Gasteiger partial charge in [0.25, 0.3) is 0 Å². The fourth-order valence-corrected chi connectivity index (χ4v) is 3.54. The van der Waals surface area contributed by atoms with Crippen LogP contribution in [0.5, 0.6) is 0 Å². The zero-order valence-corrected chi connectivity index (χ0v) is 14.6. The zero-order chi connectivity index (χ0) is 17.2. The Labute approximate surface area is 148 Å². The monoisotopic (exact) mass is 339 g/mol. The number of hydrogen-bond acceptors (Lipinski definition) is 3. The maximum Gasteiger partial charge on any atom is 0.318 e. The van der Waals surface area contributed by atoms with Crippen molar-refractivity contribution in [1.29, 1.82) is 0 Å². The highest BCUT2D eigenvalue weighted by Gasteiger charge is 2.33. The molecule has 2 heterocycles. The lowest BCUT2D eigenvalue weighted by atomic mass is 10.1. The smallest absolute Gasteiger partial charge is 0.318 e. The molecule has 1 atom stereocenters. The van der Waals surface area contributed by atoms with Crippen LogP contribution in [-0.2, 0) is 7.05 Å². The maximum atomic E-state index is 12.8. The van der Waals surface area contributed by atoms with Crippen LogP contribution in [-0.4, -0.2) is 57.6 Å². The number of amides is 2. The molecule has 2 aromatic rings. The Morgan fingerprint density at radius 3 is 2.48 bits per heavy atom. The topological polar surface area (TPSA) is 53.4 Å². The van der Waals surface area contributed by atoms with Crippen molar-refractivity contribution in [3.63, 3.8) is 0 Å².